The van der Waals surface area contributed by atoms with Gasteiger partial charge in [0.2, 0.25) is 0 Å². The first-order valence-corrected chi connectivity index (χ1v) is 7.68. The Labute approximate surface area is 110 Å². The van der Waals surface area contributed by atoms with Gasteiger partial charge in [0.05, 0.1) is 0 Å². The van der Waals surface area contributed by atoms with Crippen LogP contribution in [-0.4, -0.2) is 6.54 Å². The van der Waals surface area contributed by atoms with Crippen LogP contribution in [0.4, 0.5) is 0 Å². The average Bonchev–Trinajstić information content (AvgIpc) is 3.01. The van der Waals surface area contributed by atoms with Crippen molar-refractivity contribution in [2.75, 3.05) is 6.54 Å². The number of hydrogen-bond acceptors (Lipinski definition) is 1. The summed E-state index contributed by atoms with van der Waals surface area (Å²) in [6.07, 6.45) is 7.57. The van der Waals surface area contributed by atoms with Crippen LogP contribution in [0.15, 0.2) is 24.3 Å². The summed E-state index contributed by atoms with van der Waals surface area (Å²) in [5.74, 6) is 3.97. The fourth-order valence-electron chi connectivity index (χ4n) is 4.83. The maximum Gasteiger partial charge on any atom is 0.0208 e. The van der Waals surface area contributed by atoms with E-state index in [2.05, 4.69) is 29.6 Å². The molecule has 18 heavy (non-hydrogen) atoms. The lowest BCUT2D eigenvalue weighted by atomic mass is 9.78. The highest BCUT2D eigenvalue weighted by molar-refractivity contribution is 5.32. The largest absolute Gasteiger partial charge is 0.312 e. The lowest BCUT2D eigenvalue weighted by molar-refractivity contribution is 0.287. The Morgan fingerprint density at radius 2 is 2.06 bits per heavy atom. The minimum Gasteiger partial charge on any atom is -0.312 e. The topological polar surface area (TPSA) is 12.0 Å². The van der Waals surface area contributed by atoms with Crippen molar-refractivity contribution in [1.82, 2.24) is 5.32 Å². The number of rotatable bonds is 2. The highest BCUT2D eigenvalue weighted by Gasteiger charge is 2.40. The number of nitrogens with one attached hydrogen (secondary N) is 1. The molecule has 4 rings (SSSR count). The van der Waals surface area contributed by atoms with Crippen molar-refractivity contribution in [2.24, 2.45) is 17.8 Å². The molecule has 1 heteroatoms. The molecule has 2 fully saturated rings. The number of benzene rings is 1. The van der Waals surface area contributed by atoms with Gasteiger partial charge < -0.3 is 5.32 Å². The molecule has 1 aromatic carbocycles. The number of fused-ring (bicyclic) bond motifs is 3. The molecule has 1 heterocycles. The van der Waals surface area contributed by atoms with Crippen molar-refractivity contribution < 1.29 is 0 Å². The first-order valence-electron chi connectivity index (χ1n) is 7.68. The minimum absolute atomic E-state index is 0.777. The molecule has 2 aliphatic carbocycles. The van der Waals surface area contributed by atoms with Gasteiger partial charge in [0.15, 0.2) is 0 Å². The molecular formula is C17H23N. The van der Waals surface area contributed by atoms with E-state index in [0.29, 0.717) is 0 Å². The van der Waals surface area contributed by atoms with Gasteiger partial charge >= 0.3 is 0 Å². The van der Waals surface area contributed by atoms with Gasteiger partial charge in [0.25, 0.3) is 0 Å². The molecule has 1 aromatic rings. The van der Waals surface area contributed by atoms with E-state index in [4.69, 9.17) is 0 Å². The van der Waals surface area contributed by atoms with E-state index < -0.39 is 0 Å². The van der Waals surface area contributed by atoms with Crippen LogP contribution >= 0.6 is 0 Å². The molecule has 0 saturated heterocycles. The Hall–Kier alpha value is -0.820. The molecule has 2 bridgehead atoms. The third-order valence-electron chi connectivity index (χ3n) is 5.67. The van der Waals surface area contributed by atoms with Crippen molar-refractivity contribution in [3.63, 3.8) is 0 Å². The summed E-state index contributed by atoms with van der Waals surface area (Å²) in [4.78, 5) is 0. The zero-order valence-corrected chi connectivity index (χ0v) is 11.1. The Morgan fingerprint density at radius 3 is 2.89 bits per heavy atom. The summed E-state index contributed by atoms with van der Waals surface area (Å²) in [6, 6.07) is 9.07. The average molecular weight is 241 g/mol. The molecular weight excluding hydrogens is 218 g/mol. The van der Waals surface area contributed by atoms with Gasteiger partial charge in [-0.2, -0.15) is 0 Å². The molecule has 96 valence electrons. The molecule has 4 unspecified atom stereocenters. The Bertz CT molecular complexity index is 439. The van der Waals surface area contributed by atoms with Gasteiger partial charge in [-0.3, -0.25) is 0 Å². The number of hydrogen-bond donors (Lipinski definition) is 1. The SMILES string of the molecule is c1ccc2c(c1)CNCC2CC1CC2CCC1C2. The first-order chi connectivity index (χ1) is 8.90. The maximum absolute atomic E-state index is 3.61. The normalized spacial score (nSPS) is 37.8. The van der Waals surface area contributed by atoms with Crippen LogP contribution in [0.1, 0.15) is 49.1 Å². The molecule has 0 amide bonds. The molecule has 1 N–H and O–H groups in total. The summed E-state index contributed by atoms with van der Waals surface area (Å²) >= 11 is 0. The summed E-state index contributed by atoms with van der Waals surface area (Å²) in [7, 11) is 0. The molecule has 0 spiro atoms. The maximum atomic E-state index is 3.61. The lowest BCUT2D eigenvalue weighted by Gasteiger charge is -2.31. The first kappa shape index (κ1) is 11.0. The Morgan fingerprint density at radius 1 is 1.11 bits per heavy atom. The van der Waals surface area contributed by atoms with E-state index in [1.54, 1.807) is 12.0 Å². The fourth-order valence-corrected chi connectivity index (χ4v) is 4.83. The predicted octanol–water partition coefficient (Wildman–Crippen LogP) is 3.70. The molecule has 4 atom stereocenters. The summed E-state index contributed by atoms with van der Waals surface area (Å²) in [5.41, 5.74) is 3.18. The Kier molecular flexibility index (Phi) is 2.69. The second-order valence-electron chi connectivity index (χ2n) is 6.70. The van der Waals surface area contributed by atoms with Crippen LogP contribution in [-0.2, 0) is 6.54 Å². The second-order valence-corrected chi connectivity index (χ2v) is 6.70. The van der Waals surface area contributed by atoms with Crippen molar-refractivity contribution in [3.8, 4) is 0 Å². The standard InChI is InChI=1S/C17H23N/c1-2-4-17-14(3-1)10-18-11-16(17)9-15-8-12-5-6-13(15)7-12/h1-4,12-13,15-16,18H,5-11H2. The van der Waals surface area contributed by atoms with E-state index in [-0.39, 0.29) is 0 Å². The van der Waals surface area contributed by atoms with E-state index in [1.165, 1.54) is 37.8 Å². The molecule has 3 aliphatic rings. The van der Waals surface area contributed by atoms with Gasteiger partial charge in [-0.15, -0.1) is 0 Å². The molecule has 2 saturated carbocycles. The summed E-state index contributed by atoms with van der Waals surface area (Å²) in [6.45, 7) is 2.27. The summed E-state index contributed by atoms with van der Waals surface area (Å²) < 4.78 is 0. The van der Waals surface area contributed by atoms with Crippen LogP contribution in [0.3, 0.4) is 0 Å². The Balaban J connectivity index is 1.53. The molecule has 0 radical (unpaired) electrons. The van der Waals surface area contributed by atoms with Crippen LogP contribution in [0.5, 0.6) is 0 Å². The van der Waals surface area contributed by atoms with Gasteiger partial charge in [0.1, 0.15) is 0 Å². The third-order valence-corrected chi connectivity index (χ3v) is 5.67. The highest BCUT2D eigenvalue weighted by Crippen LogP contribution is 2.51. The van der Waals surface area contributed by atoms with Gasteiger partial charge in [-0.05, 0) is 60.5 Å². The van der Waals surface area contributed by atoms with Crippen molar-refractivity contribution in [1.29, 1.82) is 0 Å². The summed E-state index contributed by atoms with van der Waals surface area (Å²) in [5, 5.41) is 3.61. The lowest BCUT2D eigenvalue weighted by Crippen LogP contribution is -2.30. The van der Waals surface area contributed by atoms with E-state index in [1.807, 2.05) is 0 Å². The fraction of sp³-hybridized carbons (Fsp3) is 0.647. The van der Waals surface area contributed by atoms with Crippen LogP contribution in [0.25, 0.3) is 0 Å². The van der Waals surface area contributed by atoms with Crippen molar-refractivity contribution in [3.05, 3.63) is 35.4 Å². The van der Waals surface area contributed by atoms with E-state index >= 15 is 0 Å². The quantitative estimate of drug-likeness (QED) is 0.832. The molecule has 1 aliphatic heterocycles. The zero-order valence-electron chi connectivity index (χ0n) is 11.1. The van der Waals surface area contributed by atoms with Crippen molar-refractivity contribution in [2.45, 2.75) is 44.6 Å². The third kappa shape index (κ3) is 1.80. The smallest absolute Gasteiger partial charge is 0.0208 e. The van der Waals surface area contributed by atoms with Crippen molar-refractivity contribution >= 4 is 0 Å². The predicted molar refractivity (Wildman–Crippen MR) is 74.4 cm³/mol. The van der Waals surface area contributed by atoms with E-state index in [0.717, 1.165) is 30.2 Å². The van der Waals surface area contributed by atoms with Crippen LogP contribution in [0.2, 0.25) is 0 Å². The van der Waals surface area contributed by atoms with Crippen LogP contribution in [0, 0.1) is 17.8 Å². The van der Waals surface area contributed by atoms with E-state index in [9.17, 15) is 0 Å². The van der Waals surface area contributed by atoms with Gasteiger partial charge in [-0.25, -0.2) is 0 Å². The molecule has 1 nitrogen and oxygen atoms in total. The second kappa shape index (κ2) is 4.38. The highest BCUT2D eigenvalue weighted by atomic mass is 14.9. The zero-order chi connectivity index (χ0) is 11.9. The molecule has 0 aromatic heterocycles. The van der Waals surface area contributed by atoms with Crippen LogP contribution < -0.4 is 5.32 Å². The monoisotopic (exact) mass is 241 g/mol. The van der Waals surface area contributed by atoms with Gasteiger partial charge in [-0.1, -0.05) is 30.7 Å². The minimum atomic E-state index is 0.777. The van der Waals surface area contributed by atoms with Gasteiger partial charge in [0, 0.05) is 13.1 Å².